The van der Waals surface area contributed by atoms with Crippen molar-refractivity contribution in [2.45, 2.75) is 32.6 Å². The lowest BCUT2D eigenvalue weighted by Gasteiger charge is -2.21. The van der Waals surface area contributed by atoms with Gasteiger partial charge in [-0.1, -0.05) is 26.0 Å². The number of carbonyl (C=O) groups is 1. The van der Waals surface area contributed by atoms with Gasteiger partial charge in [-0.25, -0.2) is 0 Å². The van der Waals surface area contributed by atoms with Gasteiger partial charge in [0.1, 0.15) is 11.2 Å². The van der Waals surface area contributed by atoms with Crippen molar-refractivity contribution < 1.29 is 14.6 Å². The molecule has 1 atom stereocenters. The van der Waals surface area contributed by atoms with Gasteiger partial charge in [-0.05, 0) is 30.4 Å². The molecule has 0 heterocycles. The molecule has 0 bridgehead atoms. The summed E-state index contributed by atoms with van der Waals surface area (Å²) in [6.07, 6.45) is 0.663. The van der Waals surface area contributed by atoms with Gasteiger partial charge >= 0.3 is 5.97 Å². The number of aliphatic carboxylic acids is 1. The van der Waals surface area contributed by atoms with E-state index in [2.05, 4.69) is 0 Å². The number of aryl methyl sites for hydroxylation is 1. The van der Waals surface area contributed by atoms with Crippen LogP contribution in [0.25, 0.3) is 0 Å². The number of carboxylic acid groups (broad SMARTS) is 1. The molecule has 1 unspecified atom stereocenters. The minimum atomic E-state index is -0.788. The van der Waals surface area contributed by atoms with Gasteiger partial charge < -0.3 is 9.84 Å². The SMILES string of the molecule is COc1cccc(C)c1C1(C(=O)O)CC1(C)C. The van der Waals surface area contributed by atoms with E-state index >= 15 is 0 Å². The van der Waals surface area contributed by atoms with Crippen LogP contribution in [0.5, 0.6) is 5.75 Å². The van der Waals surface area contributed by atoms with E-state index in [0.717, 1.165) is 11.1 Å². The highest BCUT2D eigenvalue weighted by Gasteiger charge is 2.69. The van der Waals surface area contributed by atoms with Gasteiger partial charge in [0.05, 0.1) is 7.11 Å². The summed E-state index contributed by atoms with van der Waals surface area (Å²) < 4.78 is 5.33. The van der Waals surface area contributed by atoms with Crippen molar-refractivity contribution in [3.63, 3.8) is 0 Å². The molecule has 0 saturated heterocycles. The molecule has 0 spiro atoms. The first-order chi connectivity index (χ1) is 7.87. The largest absolute Gasteiger partial charge is 0.496 e. The number of methoxy groups -OCH3 is 1. The lowest BCUT2D eigenvalue weighted by atomic mass is 9.84. The molecule has 3 heteroatoms. The van der Waals surface area contributed by atoms with Gasteiger partial charge in [0.15, 0.2) is 0 Å². The number of hydrogen-bond acceptors (Lipinski definition) is 2. The molecule has 2 rings (SSSR count). The first-order valence-electron chi connectivity index (χ1n) is 5.74. The second kappa shape index (κ2) is 3.49. The van der Waals surface area contributed by atoms with E-state index in [9.17, 15) is 9.90 Å². The summed E-state index contributed by atoms with van der Waals surface area (Å²) in [5.41, 5.74) is 0.819. The fourth-order valence-corrected chi connectivity index (χ4v) is 2.88. The molecule has 1 aromatic carbocycles. The highest BCUT2D eigenvalue weighted by atomic mass is 16.5. The summed E-state index contributed by atoms with van der Waals surface area (Å²) in [6.45, 7) is 5.93. The van der Waals surface area contributed by atoms with E-state index < -0.39 is 11.4 Å². The predicted octanol–water partition coefficient (Wildman–Crippen LogP) is 2.76. The Morgan fingerprint density at radius 2 is 2.00 bits per heavy atom. The molecule has 0 aliphatic heterocycles. The highest BCUT2D eigenvalue weighted by Crippen LogP contribution is 2.66. The molecular formula is C14H18O3. The maximum absolute atomic E-state index is 11.7. The fraction of sp³-hybridized carbons (Fsp3) is 0.500. The Bertz CT molecular complexity index is 476. The Kier molecular flexibility index (Phi) is 2.45. The molecule has 0 aromatic heterocycles. The third kappa shape index (κ3) is 1.45. The van der Waals surface area contributed by atoms with Gasteiger partial charge in [0.25, 0.3) is 0 Å². The quantitative estimate of drug-likeness (QED) is 0.874. The molecule has 1 aliphatic carbocycles. The van der Waals surface area contributed by atoms with E-state index in [1.165, 1.54) is 0 Å². The summed E-state index contributed by atoms with van der Waals surface area (Å²) >= 11 is 0. The van der Waals surface area contributed by atoms with Crippen molar-refractivity contribution in [3.8, 4) is 5.75 Å². The van der Waals surface area contributed by atoms with Gasteiger partial charge in [0.2, 0.25) is 0 Å². The van der Waals surface area contributed by atoms with Gasteiger partial charge in [-0.3, -0.25) is 4.79 Å². The number of carboxylic acids is 1. The fourth-order valence-electron chi connectivity index (χ4n) is 2.88. The third-order valence-corrected chi connectivity index (χ3v) is 3.98. The Morgan fingerprint density at radius 1 is 1.41 bits per heavy atom. The van der Waals surface area contributed by atoms with Gasteiger partial charge in [-0.15, -0.1) is 0 Å². The third-order valence-electron chi connectivity index (χ3n) is 3.98. The van der Waals surface area contributed by atoms with Crippen molar-refractivity contribution in [1.82, 2.24) is 0 Å². The summed E-state index contributed by atoms with van der Waals surface area (Å²) in [5, 5.41) is 9.58. The molecular weight excluding hydrogens is 216 g/mol. The van der Waals surface area contributed by atoms with Crippen molar-refractivity contribution in [2.75, 3.05) is 7.11 Å². The molecule has 0 radical (unpaired) electrons. The monoisotopic (exact) mass is 234 g/mol. The second-order valence-corrected chi connectivity index (χ2v) is 5.42. The van der Waals surface area contributed by atoms with E-state index in [0.29, 0.717) is 12.2 Å². The molecule has 17 heavy (non-hydrogen) atoms. The molecule has 92 valence electrons. The zero-order valence-electron chi connectivity index (χ0n) is 10.7. The lowest BCUT2D eigenvalue weighted by Crippen LogP contribution is -2.27. The summed E-state index contributed by atoms with van der Waals surface area (Å²) in [5.74, 6) is -0.0759. The van der Waals surface area contributed by atoms with Gasteiger partial charge in [-0.2, -0.15) is 0 Å². The van der Waals surface area contributed by atoms with Crippen molar-refractivity contribution in [2.24, 2.45) is 5.41 Å². The van der Waals surface area contributed by atoms with Crippen LogP contribution in [-0.2, 0) is 10.2 Å². The van der Waals surface area contributed by atoms with E-state index in [1.807, 2.05) is 39.0 Å². The van der Waals surface area contributed by atoms with Crippen LogP contribution in [0.3, 0.4) is 0 Å². The maximum atomic E-state index is 11.7. The van der Waals surface area contributed by atoms with Crippen LogP contribution >= 0.6 is 0 Å². The van der Waals surface area contributed by atoms with Crippen molar-refractivity contribution >= 4 is 5.97 Å². The Labute approximate surface area is 101 Å². The lowest BCUT2D eigenvalue weighted by molar-refractivity contribution is -0.141. The minimum absolute atomic E-state index is 0.210. The van der Waals surface area contributed by atoms with Crippen LogP contribution < -0.4 is 4.74 Å². The minimum Gasteiger partial charge on any atom is -0.496 e. The van der Waals surface area contributed by atoms with E-state index in [4.69, 9.17) is 4.74 Å². The number of ether oxygens (including phenoxy) is 1. The van der Waals surface area contributed by atoms with Crippen molar-refractivity contribution in [3.05, 3.63) is 29.3 Å². The zero-order chi connectivity index (χ0) is 12.8. The summed E-state index contributed by atoms with van der Waals surface area (Å²) in [4.78, 5) is 11.7. The number of hydrogen-bond donors (Lipinski definition) is 1. The Balaban J connectivity index is 2.65. The molecule has 1 aliphatic rings. The zero-order valence-corrected chi connectivity index (χ0v) is 10.7. The maximum Gasteiger partial charge on any atom is 0.314 e. The smallest absolute Gasteiger partial charge is 0.314 e. The normalized spacial score (nSPS) is 25.4. The molecule has 1 saturated carbocycles. The Hall–Kier alpha value is -1.51. The average Bonchev–Trinajstić information content (AvgIpc) is 2.82. The Morgan fingerprint density at radius 3 is 2.41 bits per heavy atom. The topological polar surface area (TPSA) is 46.5 Å². The average molecular weight is 234 g/mol. The standard InChI is InChI=1S/C14H18O3/c1-9-6-5-7-10(17-4)11(9)14(12(15)16)8-13(14,2)3/h5-7H,8H2,1-4H3,(H,15,16). The molecule has 1 aromatic rings. The first-order valence-corrected chi connectivity index (χ1v) is 5.74. The van der Waals surface area contributed by atoms with Crippen LogP contribution in [0, 0.1) is 12.3 Å². The molecule has 1 N–H and O–H groups in total. The number of rotatable bonds is 3. The van der Waals surface area contributed by atoms with E-state index in [-0.39, 0.29) is 5.41 Å². The molecule has 3 nitrogen and oxygen atoms in total. The van der Waals surface area contributed by atoms with Gasteiger partial charge in [0, 0.05) is 5.56 Å². The van der Waals surface area contributed by atoms with E-state index in [1.54, 1.807) is 7.11 Å². The summed E-state index contributed by atoms with van der Waals surface area (Å²) in [7, 11) is 1.59. The van der Waals surface area contributed by atoms with Crippen LogP contribution in [0.15, 0.2) is 18.2 Å². The van der Waals surface area contributed by atoms with Crippen LogP contribution in [0.4, 0.5) is 0 Å². The predicted molar refractivity (Wildman–Crippen MR) is 65.4 cm³/mol. The van der Waals surface area contributed by atoms with Crippen LogP contribution in [0.1, 0.15) is 31.4 Å². The second-order valence-electron chi connectivity index (χ2n) is 5.42. The molecule has 1 fully saturated rings. The van der Waals surface area contributed by atoms with Crippen LogP contribution in [-0.4, -0.2) is 18.2 Å². The molecule has 0 amide bonds. The highest BCUT2D eigenvalue weighted by molar-refractivity contribution is 5.88. The first kappa shape index (κ1) is 12.0. The number of benzene rings is 1. The summed E-state index contributed by atoms with van der Waals surface area (Å²) in [6, 6.07) is 5.67. The van der Waals surface area contributed by atoms with Crippen molar-refractivity contribution in [1.29, 1.82) is 0 Å². The van der Waals surface area contributed by atoms with Crippen LogP contribution in [0.2, 0.25) is 0 Å².